The quantitative estimate of drug-likeness (QED) is 0.728. The van der Waals surface area contributed by atoms with Crippen LogP contribution in [0.1, 0.15) is 23.2 Å². The summed E-state index contributed by atoms with van der Waals surface area (Å²) in [5.41, 5.74) is 4.20. The highest BCUT2D eigenvalue weighted by Crippen LogP contribution is 2.35. The highest BCUT2D eigenvalue weighted by atomic mass is 16.1. The molecule has 0 aliphatic carbocycles. The third-order valence-electron chi connectivity index (χ3n) is 5.34. The third-order valence-corrected chi connectivity index (χ3v) is 5.34. The SMILES string of the molecule is CNc1ncc2c(n1)N1CCCN=C1C(c1ccc(-n3ccnc(C)c3=O)cc1)=C2. The lowest BCUT2D eigenvalue weighted by Crippen LogP contribution is -2.39. The highest BCUT2D eigenvalue weighted by Gasteiger charge is 2.29. The Hall–Kier alpha value is -3.81. The molecular weight excluding hydrogens is 378 g/mol. The van der Waals surface area contributed by atoms with Crippen molar-refractivity contribution in [2.24, 2.45) is 4.99 Å². The van der Waals surface area contributed by atoms with Crippen LogP contribution in [0.2, 0.25) is 0 Å². The van der Waals surface area contributed by atoms with Crippen molar-refractivity contribution in [3.8, 4) is 5.69 Å². The number of nitrogens with one attached hydrogen (secondary N) is 1. The Labute approximate surface area is 173 Å². The van der Waals surface area contributed by atoms with Gasteiger partial charge in [-0.25, -0.2) is 4.98 Å². The second kappa shape index (κ2) is 7.22. The van der Waals surface area contributed by atoms with Crippen molar-refractivity contribution in [3.05, 3.63) is 70.0 Å². The number of anilines is 2. The maximum absolute atomic E-state index is 12.4. The molecule has 2 aliphatic heterocycles. The van der Waals surface area contributed by atoms with E-state index in [9.17, 15) is 4.79 Å². The number of aryl methyl sites for hydroxylation is 1. The first kappa shape index (κ1) is 18.2. The largest absolute Gasteiger partial charge is 0.357 e. The van der Waals surface area contributed by atoms with E-state index in [-0.39, 0.29) is 5.56 Å². The van der Waals surface area contributed by atoms with Crippen molar-refractivity contribution in [3.63, 3.8) is 0 Å². The van der Waals surface area contributed by atoms with Gasteiger partial charge in [-0.1, -0.05) is 12.1 Å². The van der Waals surface area contributed by atoms with Gasteiger partial charge in [-0.3, -0.25) is 19.3 Å². The summed E-state index contributed by atoms with van der Waals surface area (Å²) in [6.45, 7) is 3.38. The topological polar surface area (TPSA) is 88.3 Å². The first-order valence-corrected chi connectivity index (χ1v) is 9.89. The van der Waals surface area contributed by atoms with Crippen LogP contribution in [0.5, 0.6) is 0 Å². The highest BCUT2D eigenvalue weighted by molar-refractivity contribution is 6.35. The lowest BCUT2D eigenvalue weighted by atomic mass is 9.97. The first-order chi connectivity index (χ1) is 14.7. The van der Waals surface area contributed by atoms with Gasteiger partial charge in [0.05, 0.1) is 0 Å². The fraction of sp³-hybridized carbons (Fsp3) is 0.227. The Morgan fingerprint density at radius 3 is 2.77 bits per heavy atom. The van der Waals surface area contributed by atoms with E-state index in [2.05, 4.69) is 31.2 Å². The standard InChI is InChI=1S/C22H21N7O/c1-14-21(30)28(11-9-24-14)17-6-4-15(5-7-17)18-12-16-13-26-22(23-2)27-19(16)29-10-3-8-25-20(18)29/h4-7,9,11-13H,3,8,10H2,1-2H3,(H,23,26,27). The van der Waals surface area contributed by atoms with Crippen molar-refractivity contribution in [2.75, 3.05) is 30.4 Å². The van der Waals surface area contributed by atoms with Crippen molar-refractivity contribution in [2.45, 2.75) is 13.3 Å². The van der Waals surface area contributed by atoms with Gasteiger partial charge in [-0.05, 0) is 37.1 Å². The van der Waals surface area contributed by atoms with Gasteiger partial charge >= 0.3 is 0 Å². The van der Waals surface area contributed by atoms with Crippen LogP contribution in [0.25, 0.3) is 17.3 Å². The van der Waals surface area contributed by atoms with Gasteiger partial charge in [0.2, 0.25) is 5.95 Å². The number of hydrogen-bond donors (Lipinski definition) is 1. The summed E-state index contributed by atoms with van der Waals surface area (Å²) >= 11 is 0. The number of amidine groups is 1. The molecule has 1 N–H and O–H groups in total. The summed E-state index contributed by atoms with van der Waals surface area (Å²) in [4.78, 5) is 32.4. The number of aliphatic imine (C=N–C) groups is 1. The van der Waals surface area contributed by atoms with E-state index < -0.39 is 0 Å². The van der Waals surface area contributed by atoms with Crippen LogP contribution < -0.4 is 15.8 Å². The fourth-order valence-electron chi connectivity index (χ4n) is 3.81. The lowest BCUT2D eigenvalue weighted by molar-refractivity contribution is 0.784. The summed E-state index contributed by atoms with van der Waals surface area (Å²) < 4.78 is 1.61. The van der Waals surface area contributed by atoms with Crippen LogP contribution in [-0.2, 0) is 0 Å². The van der Waals surface area contributed by atoms with Crippen LogP contribution in [0.15, 0.2) is 52.6 Å². The van der Waals surface area contributed by atoms with Crippen LogP contribution in [0.3, 0.4) is 0 Å². The van der Waals surface area contributed by atoms with Crippen molar-refractivity contribution in [1.29, 1.82) is 0 Å². The molecule has 0 fully saturated rings. The van der Waals surface area contributed by atoms with Gasteiger partial charge in [0.25, 0.3) is 5.56 Å². The Balaban J connectivity index is 1.59. The average Bonchev–Trinajstić information content (AvgIpc) is 2.80. The molecule has 0 saturated heterocycles. The van der Waals surface area contributed by atoms with E-state index >= 15 is 0 Å². The predicted octanol–water partition coefficient (Wildman–Crippen LogP) is 2.54. The van der Waals surface area contributed by atoms with Gasteiger partial charge in [-0.15, -0.1) is 0 Å². The van der Waals surface area contributed by atoms with E-state index in [1.165, 1.54) is 0 Å². The van der Waals surface area contributed by atoms with Crippen molar-refractivity contribution < 1.29 is 0 Å². The molecular formula is C22H21N7O. The van der Waals surface area contributed by atoms with E-state index in [1.54, 1.807) is 23.9 Å². The number of nitrogens with zero attached hydrogens (tertiary/aromatic N) is 6. The molecule has 30 heavy (non-hydrogen) atoms. The molecule has 2 aromatic heterocycles. The molecule has 2 aliphatic rings. The zero-order chi connectivity index (χ0) is 20.7. The maximum atomic E-state index is 12.4. The van der Waals surface area contributed by atoms with Crippen LogP contribution >= 0.6 is 0 Å². The van der Waals surface area contributed by atoms with E-state index in [0.717, 1.165) is 53.6 Å². The second-order valence-electron chi connectivity index (χ2n) is 7.23. The molecule has 0 radical (unpaired) electrons. The number of hydrogen-bond acceptors (Lipinski definition) is 7. The summed E-state index contributed by atoms with van der Waals surface area (Å²) in [6, 6.07) is 7.93. The van der Waals surface area contributed by atoms with Gasteiger partial charge < -0.3 is 10.2 Å². The Bertz CT molecular complexity index is 1240. The van der Waals surface area contributed by atoms with Gasteiger partial charge in [0.1, 0.15) is 17.3 Å². The van der Waals surface area contributed by atoms with E-state index in [1.807, 2.05) is 37.5 Å². The van der Waals surface area contributed by atoms with Gasteiger partial charge in [-0.2, -0.15) is 4.98 Å². The zero-order valence-electron chi connectivity index (χ0n) is 16.8. The number of fused-ring (bicyclic) bond motifs is 3. The number of rotatable bonds is 3. The van der Waals surface area contributed by atoms with Crippen molar-refractivity contribution in [1.82, 2.24) is 19.5 Å². The van der Waals surface area contributed by atoms with Crippen LogP contribution in [0, 0.1) is 6.92 Å². The molecule has 0 saturated carbocycles. The van der Waals surface area contributed by atoms with Crippen LogP contribution in [-0.4, -0.2) is 45.5 Å². The van der Waals surface area contributed by atoms with Crippen molar-refractivity contribution >= 4 is 29.3 Å². The smallest absolute Gasteiger partial charge is 0.276 e. The normalized spacial score (nSPS) is 15.1. The maximum Gasteiger partial charge on any atom is 0.276 e. The summed E-state index contributed by atoms with van der Waals surface area (Å²) in [5.74, 6) is 2.41. The predicted molar refractivity (Wildman–Crippen MR) is 118 cm³/mol. The first-order valence-electron chi connectivity index (χ1n) is 9.89. The Kier molecular flexibility index (Phi) is 4.39. The molecule has 5 rings (SSSR count). The van der Waals surface area contributed by atoms with Crippen LogP contribution in [0.4, 0.5) is 11.8 Å². The average molecular weight is 399 g/mol. The van der Waals surface area contributed by atoms with Gasteiger partial charge in [0, 0.05) is 55.6 Å². The third kappa shape index (κ3) is 2.97. The molecule has 0 unspecified atom stereocenters. The summed E-state index contributed by atoms with van der Waals surface area (Å²) in [7, 11) is 1.81. The molecule has 0 spiro atoms. The van der Waals surface area contributed by atoms with Gasteiger partial charge in [0.15, 0.2) is 0 Å². The fourth-order valence-corrected chi connectivity index (χ4v) is 3.81. The molecule has 3 aromatic rings. The Morgan fingerprint density at radius 2 is 1.97 bits per heavy atom. The zero-order valence-corrected chi connectivity index (χ0v) is 16.8. The summed E-state index contributed by atoms with van der Waals surface area (Å²) in [5, 5.41) is 3.00. The molecule has 0 amide bonds. The lowest BCUT2D eigenvalue weighted by Gasteiger charge is -2.34. The monoisotopic (exact) mass is 399 g/mol. The summed E-state index contributed by atoms with van der Waals surface area (Å²) in [6.07, 6.45) is 8.24. The minimum atomic E-state index is -0.114. The molecule has 0 bridgehead atoms. The second-order valence-corrected chi connectivity index (χ2v) is 7.23. The molecule has 8 nitrogen and oxygen atoms in total. The van der Waals surface area contributed by atoms with E-state index in [0.29, 0.717) is 11.6 Å². The molecule has 0 atom stereocenters. The molecule has 8 heteroatoms. The number of benzene rings is 1. The minimum absolute atomic E-state index is 0.114. The molecule has 4 heterocycles. The van der Waals surface area contributed by atoms with E-state index in [4.69, 9.17) is 4.99 Å². The number of aromatic nitrogens is 4. The molecule has 150 valence electrons. The molecule has 1 aromatic carbocycles. The Morgan fingerprint density at radius 1 is 1.13 bits per heavy atom. The minimum Gasteiger partial charge on any atom is -0.357 e.